The molecule has 0 aliphatic carbocycles. The van der Waals surface area contributed by atoms with Gasteiger partial charge in [-0.1, -0.05) is 53.7 Å². The van der Waals surface area contributed by atoms with E-state index < -0.39 is 5.91 Å². The molecule has 2 aromatic carbocycles. The zero-order chi connectivity index (χ0) is 23.4. The summed E-state index contributed by atoms with van der Waals surface area (Å²) in [5, 5.41) is 13.7. The predicted molar refractivity (Wildman–Crippen MR) is 124 cm³/mol. The summed E-state index contributed by atoms with van der Waals surface area (Å²) in [7, 11) is 0. The van der Waals surface area contributed by atoms with Crippen LogP contribution in [0.2, 0.25) is 0 Å². The van der Waals surface area contributed by atoms with Crippen molar-refractivity contribution >= 4 is 17.5 Å². The monoisotopic (exact) mass is 426 g/mol. The Balaban J connectivity index is 2.08. The highest BCUT2D eigenvalue weighted by Gasteiger charge is 2.26. The lowest BCUT2D eigenvalue weighted by Crippen LogP contribution is -2.20. The number of ether oxygens (including phenoxy) is 1. The van der Waals surface area contributed by atoms with E-state index >= 15 is 0 Å². The van der Waals surface area contributed by atoms with Crippen molar-refractivity contribution < 1.29 is 19.4 Å². The molecule has 6 nitrogen and oxygen atoms in total. The summed E-state index contributed by atoms with van der Waals surface area (Å²) in [5.74, 6) is 0.196. The van der Waals surface area contributed by atoms with E-state index in [4.69, 9.17) is 10.5 Å². The maximum absolute atomic E-state index is 12.5. The Kier molecular flexibility index (Phi) is 7.37. The van der Waals surface area contributed by atoms with E-state index in [-0.39, 0.29) is 23.3 Å². The molecule has 0 unspecified atom stereocenters. The normalized spacial score (nSPS) is 11.8. The van der Waals surface area contributed by atoms with Gasteiger partial charge in [0.2, 0.25) is 5.91 Å². The zero-order valence-corrected chi connectivity index (χ0v) is 19.3. The molecular formula is C25H34N2O4. The summed E-state index contributed by atoms with van der Waals surface area (Å²) in [6.07, 6.45) is 0.885. The van der Waals surface area contributed by atoms with Gasteiger partial charge in [-0.05, 0) is 58.2 Å². The molecule has 0 atom stereocenters. The SMILES string of the molecule is CC(C)(C)c1cc(CCC(=O)Nc2ccc(OCC(N)=O)cc2)cc(C(C)(C)C)c1O. The topological polar surface area (TPSA) is 102 Å². The van der Waals surface area contributed by atoms with Gasteiger partial charge in [-0.15, -0.1) is 0 Å². The number of carbonyl (C=O) groups is 2. The molecule has 168 valence electrons. The van der Waals surface area contributed by atoms with Gasteiger partial charge in [0.05, 0.1) is 0 Å². The van der Waals surface area contributed by atoms with Crippen LogP contribution in [0.25, 0.3) is 0 Å². The van der Waals surface area contributed by atoms with E-state index in [0.29, 0.717) is 30.0 Å². The third-order valence-corrected chi connectivity index (χ3v) is 4.95. The van der Waals surface area contributed by atoms with Gasteiger partial charge in [0.25, 0.3) is 5.91 Å². The summed E-state index contributed by atoms with van der Waals surface area (Å²) in [6.45, 7) is 12.2. The number of aromatic hydroxyl groups is 1. The molecule has 0 saturated heterocycles. The second kappa shape index (κ2) is 9.41. The van der Waals surface area contributed by atoms with Gasteiger partial charge in [-0.3, -0.25) is 9.59 Å². The fraction of sp³-hybridized carbons (Fsp3) is 0.440. The quantitative estimate of drug-likeness (QED) is 0.610. The number of nitrogens with one attached hydrogen (secondary N) is 1. The van der Waals surface area contributed by atoms with Crippen LogP contribution in [0.5, 0.6) is 11.5 Å². The molecule has 0 radical (unpaired) electrons. The van der Waals surface area contributed by atoms with Crippen molar-refractivity contribution in [2.24, 2.45) is 5.73 Å². The Morgan fingerprint density at radius 3 is 1.94 bits per heavy atom. The summed E-state index contributed by atoms with van der Waals surface area (Å²) in [6, 6.07) is 10.8. The fourth-order valence-electron chi connectivity index (χ4n) is 3.25. The fourth-order valence-corrected chi connectivity index (χ4v) is 3.25. The van der Waals surface area contributed by atoms with E-state index in [1.807, 2.05) is 12.1 Å². The first-order valence-electron chi connectivity index (χ1n) is 10.5. The average Bonchev–Trinajstić information content (AvgIpc) is 2.64. The zero-order valence-electron chi connectivity index (χ0n) is 19.3. The molecule has 2 rings (SSSR count). The van der Waals surface area contributed by atoms with Crippen LogP contribution >= 0.6 is 0 Å². The van der Waals surface area contributed by atoms with Crippen molar-refractivity contribution in [3.05, 3.63) is 53.1 Å². The lowest BCUT2D eigenvalue weighted by Gasteiger charge is -2.28. The van der Waals surface area contributed by atoms with Crippen LogP contribution in [0.15, 0.2) is 36.4 Å². The smallest absolute Gasteiger partial charge is 0.255 e. The Labute approximate surface area is 184 Å². The van der Waals surface area contributed by atoms with E-state index in [9.17, 15) is 14.7 Å². The van der Waals surface area contributed by atoms with E-state index in [1.54, 1.807) is 24.3 Å². The number of nitrogens with two attached hydrogens (primary N) is 1. The molecule has 0 aromatic heterocycles. The van der Waals surface area contributed by atoms with Crippen molar-refractivity contribution in [1.82, 2.24) is 0 Å². The van der Waals surface area contributed by atoms with Crippen molar-refractivity contribution in [2.75, 3.05) is 11.9 Å². The summed E-state index contributed by atoms with van der Waals surface area (Å²) in [4.78, 5) is 23.2. The third kappa shape index (κ3) is 7.02. The van der Waals surface area contributed by atoms with Crippen molar-refractivity contribution in [3.8, 4) is 11.5 Å². The number of phenols is 1. The van der Waals surface area contributed by atoms with Gasteiger partial charge >= 0.3 is 0 Å². The van der Waals surface area contributed by atoms with Crippen LogP contribution in [0.4, 0.5) is 5.69 Å². The Hall–Kier alpha value is -3.02. The molecular weight excluding hydrogens is 392 g/mol. The second-order valence-corrected chi connectivity index (χ2v) is 9.87. The van der Waals surface area contributed by atoms with Crippen LogP contribution in [0.1, 0.15) is 64.7 Å². The highest BCUT2D eigenvalue weighted by atomic mass is 16.5. The molecule has 4 N–H and O–H groups in total. The minimum absolute atomic E-state index is 0.103. The number of carbonyl (C=O) groups excluding carboxylic acids is 2. The van der Waals surface area contributed by atoms with E-state index in [1.165, 1.54) is 0 Å². The summed E-state index contributed by atoms with van der Waals surface area (Å²) >= 11 is 0. The molecule has 0 aliphatic heterocycles. The van der Waals surface area contributed by atoms with Crippen molar-refractivity contribution in [1.29, 1.82) is 0 Å². The Bertz CT molecular complexity index is 900. The van der Waals surface area contributed by atoms with Crippen LogP contribution in [-0.2, 0) is 26.8 Å². The Morgan fingerprint density at radius 1 is 0.968 bits per heavy atom. The van der Waals surface area contributed by atoms with E-state index in [0.717, 1.165) is 16.7 Å². The first-order valence-corrected chi connectivity index (χ1v) is 10.5. The largest absolute Gasteiger partial charge is 0.507 e. The Morgan fingerprint density at radius 2 is 1.48 bits per heavy atom. The maximum Gasteiger partial charge on any atom is 0.255 e. The second-order valence-electron chi connectivity index (χ2n) is 9.87. The number of rotatable bonds is 7. The lowest BCUT2D eigenvalue weighted by molar-refractivity contribution is -0.120. The molecule has 0 aliphatic rings. The highest BCUT2D eigenvalue weighted by Crippen LogP contribution is 2.40. The number of primary amides is 1. The minimum Gasteiger partial charge on any atom is -0.507 e. The first-order chi connectivity index (χ1) is 14.3. The predicted octanol–water partition coefficient (Wildman–Crippen LogP) is 4.42. The highest BCUT2D eigenvalue weighted by molar-refractivity contribution is 5.90. The molecule has 2 aromatic rings. The maximum atomic E-state index is 12.5. The van der Waals surface area contributed by atoms with Gasteiger partial charge in [0, 0.05) is 12.1 Å². The first kappa shape index (κ1) is 24.3. The number of phenolic OH excluding ortho intramolecular Hbond substituents is 1. The molecule has 0 heterocycles. The third-order valence-electron chi connectivity index (χ3n) is 4.95. The standard InChI is InChI=1S/C25H34N2O4/c1-24(2,3)19-13-16(14-20(23(19)30)25(4,5)6)7-12-22(29)27-17-8-10-18(11-9-17)31-15-21(26)28/h8-11,13-14,30H,7,12,15H2,1-6H3,(H2,26,28)(H,27,29). The van der Waals surface area contributed by atoms with Gasteiger partial charge in [-0.2, -0.15) is 0 Å². The van der Waals surface area contributed by atoms with Crippen LogP contribution in [0.3, 0.4) is 0 Å². The van der Waals surface area contributed by atoms with Gasteiger partial charge in [-0.25, -0.2) is 0 Å². The van der Waals surface area contributed by atoms with E-state index in [2.05, 4.69) is 46.9 Å². The lowest BCUT2D eigenvalue weighted by atomic mass is 9.78. The van der Waals surface area contributed by atoms with Gasteiger partial charge < -0.3 is 20.9 Å². The molecule has 31 heavy (non-hydrogen) atoms. The molecule has 0 saturated carbocycles. The molecule has 0 spiro atoms. The number of hydrogen-bond donors (Lipinski definition) is 3. The number of anilines is 1. The summed E-state index contributed by atoms with van der Waals surface area (Å²) in [5.41, 5.74) is 8.09. The van der Waals surface area contributed by atoms with Crippen LogP contribution in [-0.4, -0.2) is 23.5 Å². The van der Waals surface area contributed by atoms with Crippen molar-refractivity contribution in [3.63, 3.8) is 0 Å². The van der Waals surface area contributed by atoms with Crippen molar-refractivity contribution in [2.45, 2.75) is 65.2 Å². The number of benzene rings is 2. The minimum atomic E-state index is -0.546. The average molecular weight is 427 g/mol. The number of amides is 2. The molecule has 0 bridgehead atoms. The van der Waals surface area contributed by atoms with Crippen LogP contribution in [0, 0.1) is 0 Å². The number of hydrogen-bond acceptors (Lipinski definition) is 4. The summed E-state index contributed by atoms with van der Waals surface area (Å²) < 4.78 is 5.21. The number of aryl methyl sites for hydroxylation is 1. The van der Waals surface area contributed by atoms with Gasteiger partial charge in [0.15, 0.2) is 6.61 Å². The van der Waals surface area contributed by atoms with Gasteiger partial charge in [0.1, 0.15) is 11.5 Å². The molecule has 6 heteroatoms. The molecule has 2 amide bonds. The van der Waals surface area contributed by atoms with Crippen LogP contribution < -0.4 is 15.8 Å². The molecule has 0 fully saturated rings.